The van der Waals surface area contributed by atoms with Crippen LogP contribution in [0.4, 0.5) is 4.39 Å². The number of thiophene rings is 1. The number of hydrogen-bond acceptors (Lipinski definition) is 5. The molecule has 1 amide bonds. The molecule has 5 nitrogen and oxygen atoms in total. The molecule has 1 N–H and O–H groups in total. The molecule has 2 heterocycles. The Morgan fingerprint density at radius 3 is 2.57 bits per heavy atom. The summed E-state index contributed by atoms with van der Waals surface area (Å²) in [4.78, 5) is 13.5. The largest absolute Gasteiger partial charge is 0.351 e. The number of rotatable bonds is 8. The molecule has 0 spiro atoms. The molecule has 2 aromatic heterocycles. The fourth-order valence-corrected chi connectivity index (χ4v) is 4.40. The molecular weight excluding hydrogens is 419 g/mol. The number of benzene rings is 2. The van der Waals surface area contributed by atoms with Crippen molar-refractivity contribution in [2.75, 3.05) is 5.75 Å². The van der Waals surface area contributed by atoms with Crippen LogP contribution in [0, 0.1) is 5.82 Å². The summed E-state index contributed by atoms with van der Waals surface area (Å²) in [6.45, 7) is 0.356. The van der Waals surface area contributed by atoms with Crippen molar-refractivity contribution < 1.29 is 9.18 Å². The number of carbonyl (C=O) groups is 1. The number of aromatic nitrogens is 3. The summed E-state index contributed by atoms with van der Waals surface area (Å²) in [5, 5.41) is 14.3. The second kappa shape index (κ2) is 9.69. The van der Waals surface area contributed by atoms with Crippen molar-refractivity contribution in [3.05, 3.63) is 94.2 Å². The van der Waals surface area contributed by atoms with Gasteiger partial charge in [-0.1, -0.05) is 48.2 Å². The number of nitrogens with zero attached hydrogens (tertiary/aromatic N) is 3. The van der Waals surface area contributed by atoms with Crippen molar-refractivity contribution in [1.82, 2.24) is 20.1 Å². The van der Waals surface area contributed by atoms with Gasteiger partial charge in [0.1, 0.15) is 11.6 Å². The Kier molecular flexibility index (Phi) is 6.56. The Labute approximate surface area is 182 Å². The maximum atomic E-state index is 13.0. The van der Waals surface area contributed by atoms with Gasteiger partial charge in [0.25, 0.3) is 0 Å². The Bertz CT molecular complexity index is 1100. The molecule has 0 aliphatic heterocycles. The van der Waals surface area contributed by atoms with Crippen molar-refractivity contribution >= 4 is 29.0 Å². The third-order valence-corrected chi connectivity index (χ3v) is 6.17. The zero-order valence-corrected chi connectivity index (χ0v) is 17.6. The minimum atomic E-state index is -0.292. The summed E-state index contributed by atoms with van der Waals surface area (Å²) in [5.41, 5.74) is 1.81. The van der Waals surface area contributed by atoms with Crippen LogP contribution in [0.1, 0.15) is 16.3 Å². The lowest BCUT2D eigenvalue weighted by atomic mass is 10.2. The van der Waals surface area contributed by atoms with E-state index >= 15 is 0 Å². The lowest BCUT2D eigenvalue weighted by molar-refractivity contribution is -0.118. The molecule has 4 aromatic rings. The smallest absolute Gasteiger partial charge is 0.230 e. The summed E-state index contributed by atoms with van der Waals surface area (Å²) >= 11 is 3.02. The normalized spacial score (nSPS) is 10.8. The molecule has 4 rings (SSSR count). The minimum Gasteiger partial charge on any atom is -0.351 e. The molecule has 0 aliphatic rings. The molecule has 0 bridgehead atoms. The third-order valence-electron chi connectivity index (χ3n) is 4.36. The van der Waals surface area contributed by atoms with Gasteiger partial charge in [-0.25, -0.2) is 4.39 Å². The Hall–Kier alpha value is -2.97. The standard InChI is InChI=1S/C22H19FN4OS2/c23-17-10-8-16(9-11-17)14-24-21(28)15-30-22-26-25-20(13-19-7-4-12-29-19)27(22)18-5-2-1-3-6-18/h1-12H,13-15H2,(H,24,28). The molecule has 152 valence electrons. The first-order valence-corrected chi connectivity index (χ1v) is 11.2. The first kappa shape index (κ1) is 20.3. The van der Waals surface area contributed by atoms with Crippen molar-refractivity contribution in [3.8, 4) is 5.69 Å². The fourth-order valence-electron chi connectivity index (χ4n) is 2.90. The van der Waals surface area contributed by atoms with Crippen molar-refractivity contribution in [2.45, 2.75) is 18.1 Å². The van der Waals surface area contributed by atoms with E-state index in [1.807, 2.05) is 46.3 Å². The molecule has 0 saturated heterocycles. The zero-order chi connectivity index (χ0) is 20.8. The summed E-state index contributed by atoms with van der Waals surface area (Å²) < 4.78 is 15.0. The van der Waals surface area contributed by atoms with Gasteiger partial charge >= 0.3 is 0 Å². The van der Waals surface area contributed by atoms with Crippen molar-refractivity contribution in [3.63, 3.8) is 0 Å². The number of para-hydroxylation sites is 1. The zero-order valence-electron chi connectivity index (χ0n) is 16.0. The maximum absolute atomic E-state index is 13.0. The predicted octanol–water partition coefficient (Wildman–Crippen LogP) is 4.47. The van der Waals surface area contributed by atoms with E-state index < -0.39 is 0 Å². The third kappa shape index (κ3) is 5.14. The van der Waals surface area contributed by atoms with Crippen molar-refractivity contribution in [2.24, 2.45) is 0 Å². The van der Waals surface area contributed by atoms with Crippen LogP contribution in [0.2, 0.25) is 0 Å². The van der Waals surface area contributed by atoms with E-state index in [1.54, 1.807) is 23.5 Å². The van der Waals surface area contributed by atoms with Gasteiger partial charge in [-0.05, 0) is 41.3 Å². The van der Waals surface area contributed by atoms with E-state index in [-0.39, 0.29) is 17.5 Å². The summed E-state index contributed by atoms with van der Waals surface area (Å²) in [7, 11) is 0. The first-order valence-electron chi connectivity index (χ1n) is 9.35. The van der Waals surface area contributed by atoms with Crippen LogP contribution < -0.4 is 5.32 Å². The van der Waals surface area contributed by atoms with Gasteiger partial charge in [-0.15, -0.1) is 21.5 Å². The number of carbonyl (C=O) groups excluding carboxylic acids is 1. The summed E-state index contributed by atoms with van der Waals surface area (Å²) in [6, 6.07) is 20.1. The van der Waals surface area contributed by atoms with Crippen LogP contribution in [0.25, 0.3) is 5.69 Å². The van der Waals surface area contributed by atoms with E-state index in [2.05, 4.69) is 21.6 Å². The average molecular weight is 439 g/mol. The van der Waals surface area contributed by atoms with Gasteiger partial charge in [0.15, 0.2) is 5.16 Å². The highest BCUT2D eigenvalue weighted by Crippen LogP contribution is 2.24. The first-order chi connectivity index (χ1) is 14.7. The quantitative estimate of drug-likeness (QED) is 0.413. The van der Waals surface area contributed by atoms with Crippen LogP contribution in [-0.4, -0.2) is 26.4 Å². The second-order valence-electron chi connectivity index (χ2n) is 6.52. The highest BCUT2D eigenvalue weighted by molar-refractivity contribution is 7.99. The molecule has 30 heavy (non-hydrogen) atoms. The Morgan fingerprint density at radius 2 is 1.83 bits per heavy atom. The minimum absolute atomic E-state index is 0.119. The van der Waals surface area contributed by atoms with Crippen molar-refractivity contribution in [1.29, 1.82) is 0 Å². The Morgan fingerprint density at radius 1 is 1.03 bits per heavy atom. The lowest BCUT2D eigenvalue weighted by Crippen LogP contribution is -2.24. The highest BCUT2D eigenvalue weighted by atomic mass is 32.2. The molecule has 0 saturated carbocycles. The summed E-state index contributed by atoms with van der Waals surface area (Å²) in [5.74, 6) is 0.634. The number of halogens is 1. The molecule has 0 radical (unpaired) electrons. The second-order valence-corrected chi connectivity index (χ2v) is 8.49. The molecular formula is C22H19FN4OS2. The maximum Gasteiger partial charge on any atom is 0.230 e. The lowest BCUT2D eigenvalue weighted by Gasteiger charge is -2.10. The van der Waals surface area contributed by atoms with Gasteiger partial charge in [-0.2, -0.15) is 0 Å². The molecule has 2 aromatic carbocycles. The fraction of sp³-hybridized carbons (Fsp3) is 0.136. The van der Waals surface area contributed by atoms with Crippen LogP contribution in [0.3, 0.4) is 0 Å². The van der Waals surface area contributed by atoms with E-state index in [0.717, 1.165) is 17.1 Å². The molecule has 8 heteroatoms. The highest BCUT2D eigenvalue weighted by Gasteiger charge is 2.16. The van der Waals surface area contributed by atoms with Gasteiger partial charge in [-0.3, -0.25) is 9.36 Å². The van der Waals surface area contributed by atoms with E-state index in [0.29, 0.717) is 18.1 Å². The number of nitrogens with one attached hydrogen (secondary N) is 1. The van der Waals surface area contributed by atoms with Crippen LogP contribution in [0.15, 0.2) is 77.3 Å². The predicted molar refractivity (Wildman–Crippen MR) is 117 cm³/mol. The molecule has 0 atom stereocenters. The van der Waals surface area contributed by atoms with Gasteiger partial charge in [0.2, 0.25) is 5.91 Å². The van der Waals surface area contributed by atoms with Crippen LogP contribution >= 0.6 is 23.1 Å². The summed E-state index contributed by atoms with van der Waals surface area (Å²) in [6.07, 6.45) is 0.677. The molecule has 0 aliphatic carbocycles. The van der Waals surface area contributed by atoms with Crippen LogP contribution in [0.5, 0.6) is 0 Å². The monoisotopic (exact) mass is 438 g/mol. The number of thioether (sulfide) groups is 1. The van der Waals surface area contributed by atoms with E-state index in [9.17, 15) is 9.18 Å². The average Bonchev–Trinajstić information content (AvgIpc) is 3.43. The molecule has 0 fully saturated rings. The number of hydrogen-bond donors (Lipinski definition) is 1. The van der Waals surface area contributed by atoms with Gasteiger partial charge < -0.3 is 5.32 Å². The van der Waals surface area contributed by atoms with E-state index in [4.69, 9.17) is 0 Å². The Balaban J connectivity index is 1.44. The van der Waals surface area contributed by atoms with Crippen LogP contribution in [-0.2, 0) is 17.8 Å². The number of amides is 1. The molecule has 0 unspecified atom stereocenters. The van der Waals surface area contributed by atoms with Gasteiger partial charge in [0.05, 0.1) is 5.75 Å². The van der Waals surface area contributed by atoms with E-state index in [1.165, 1.54) is 28.8 Å². The van der Waals surface area contributed by atoms with Gasteiger partial charge in [0, 0.05) is 23.5 Å². The SMILES string of the molecule is O=C(CSc1nnc(Cc2cccs2)n1-c1ccccc1)NCc1ccc(F)cc1. The topological polar surface area (TPSA) is 59.8 Å².